The molecule has 0 aliphatic carbocycles. The Kier molecular flexibility index (Phi) is 9.50. The van der Waals surface area contributed by atoms with Crippen LogP contribution in [0.2, 0.25) is 18.1 Å². The average Bonchev–Trinajstić information content (AvgIpc) is 2.80. The first-order chi connectivity index (χ1) is 15.9. The zero-order chi connectivity index (χ0) is 25.5. The van der Waals surface area contributed by atoms with Crippen molar-refractivity contribution in [3.63, 3.8) is 0 Å². The molecule has 0 spiro atoms. The normalized spacial score (nSPS) is 13.4. The second-order valence-electron chi connectivity index (χ2n) is 9.62. The predicted octanol–water partition coefficient (Wildman–Crippen LogP) is 6.52. The van der Waals surface area contributed by atoms with Crippen LogP contribution in [0.3, 0.4) is 0 Å². The summed E-state index contributed by atoms with van der Waals surface area (Å²) in [5, 5.41) is 0.0731. The number of carbonyl (C=O) groups excluding carboxylic acids is 1. The van der Waals surface area contributed by atoms with E-state index in [0.717, 1.165) is 22.3 Å². The highest BCUT2D eigenvalue weighted by Gasteiger charge is 2.37. The van der Waals surface area contributed by atoms with Crippen LogP contribution in [-0.2, 0) is 25.3 Å². The molecule has 0 heterocycles. The molecular weight excluding hydrogens is 448 g/mol. The summed E-state index contributed by atoms with van der Waals surface area (Å²) in [6.07, 6.45) is 0.741. The molecule has 6 nitrogen and oxygen atoms in total. The highest BCUT2D eigenvalue weighted by molar-refractivity contribution is 6.74. The highest BCUT2D eigenvalue weighted by atomic mass is 28.4. The number of carbonyl (C=O) groups is 1. The molecule has 0 N–H and O–H groups in total. The molecule has 0 fully saturated rings. The molecule has 186 valence electrons. The van der Waals surface area contributed by atoms with Gasteiger partial charge in [-0.3, -0.25) is 0 Å². The van der Waals surface area contributed by atoms with Crippen LogP contribution in [0.15, 0.2) is 48.5 Å². The lowest BCUT2D eigenvalue weighted by Crippen LogP contribution is -2.40. The van der Waals surface area contributed by atoms with E-state index in [1.54, 1.807) is 14.2 Å². The van der Waals surface area contributed by atoms with Gasteiger partial charge in [0.15, 0.2) is 19.8 Å². The topological polar surface area (TPSA) is 63.2 Å². The SMILES string of the molecule is COC(=O)C=C(C)c1c(CO[Si](C)(C)C(C)(C)C)cccc1C(OC)Oc1ccccc1OC. The van der Waals surface area contributed by atoms with E-state index in [-0.39, 0.29) is 5.04 Å². The first-order valence-corrected chi connectivity index (χ1v) is 14.2. The first kappa shape index (κ1) is 27.6. The summed E-state index contributed by atoms with van der Waals surface area (Å²) in [7, 11) is 2.54. The minimum absolute atomic E-state index is 0.0731. The fourth-order valence-electron chi connectivity index (χ4n) is 3.27. The van der Waals surface area contributed by atoms with Crippen LogP contribution in [0.4, 0.5) is 0 Å². The molecule has 34 heavy (non-hydrogen) atoms. The van der Waals surface area contributed by atoms with Gasteiger partial charge in [-0.1, -0.05) is 51.1 Å². The lowest BCUT2D eigenvalue weighted by Gasteiger charge is -2.36. The lowest BCUT2D eigenvalue weighted by molar-refractivity contribution is -0.134. The van der Waals surface area contributed by atoms with E-state index in [0.29, 0.717) is 18.1 Å². The largest absolute Gasteiger partial charge is 0.493 e. The summed E-state index contributed by atoms with van der Waals surface area (Å²) in [6, 6.07) is 13.3. The summed E-state index contributed by atoms with van der Waals surface area (Å²) < 4.78 is 28.8. The van der Waals surface area contributed by atoms with Crippen molar-refractivity contribution in [2.45, 2.75) is 58.7 Å². The van der Waals surface area contributed by atoms with E-state index in [1.807, 2.05) is 49.4 Å². The monoisotopic (exact) mass is 486 g/mol. The van der Waals surface area contributed by atoms with Crippen LogP contribution >= 0.6 is 0 Å². The van der Waals surface area contributed by atoms with E-state index < -0.39 is 20.6 Å². The Hall–Kier alpha value is -2.61. The molecule has 1 atom stereocenters. The maximum Gasteiger partial charge on any atom is 0.330 e. The molecule has 0 aromatic heterocycles. The van der Waals surface area contributed by atoms with Crippen LogP contribution in [-0.4, -0.2) is 35.6 Å². The van der Waals surface area contributed by atoms with Crippen molar-refractivity contribution in [1.82, 2.24) is 0 Å². The fraction of sp³-hybridized carbons (Fsp3) is 0.444. The van der Waals surface area contributed by atoms with Crippen molar-refractivity contribution in [3.05, 3.63) is 65.2 Å². The Balaban J connectivity index is 2.56. The van der Waals surface area contributed by atoms with Crippen molar-refractivity contribution < 1.29 is 28.2 Å². The number of ether oxygens (including phenoxy) is 4. The molecule has 0 saturated heterocycles. The number of para-hydroxylation sites is 2. The van der Waals surface area contributed by atoms with Gasteiger partial charge in [-0.05, 0) is 53.9 Å². The maximum atomic E-state index is 12.1. The van der Waals surface area contributed by atoms with Gasteiger partial charge in [0, 0.05) is 18.7 Å². The summed E-state index contributed by atoms with van der Waals surface area (Å²) in [6.45, 7) is 13.4. The van der Waals surface area contributed by atoms with E-state index in [2.05, 4.69) is 33.9 Å². The second-order valence-corrected chi connectivity index (χ2v) is 14.4. The Labute approximate surface area is 205 Å². The smallest absolute Gasteiger partial charge is 0.330 e. The Morgan fingerprint density at radius 3 is 2.21 bits per heavy atom. The fourth-order valence-corrected chi connectivity index (χ4v) is 4.22. The van der Waals surface area contributed by atoms with Gasteiger partial charge in [0.25, 0.3) is 0 Å². The third kappa shape index (κ3) is 6.71. The number of hydrogen-bond donors (Lipinski definition) is 0. The van der Waals surface area contributed by atoms with Gasteiger partial charge in [0.1, 0.15) is 0 Å². The van der Waals surface area contributed by atoms with Crippen molar-refractivity contribution >= 4 is 19.9 Å². The Morgan fingerprint density at radius 2 is 1.65 bits per heavy atom. The molecule has 0 aliphatic heterocycles. The zero-order valence-electron chi connectivity index (χ0n) is 21.9. The molecule has 2 aromatic carbocycles. The number of esters is 1. The molecule has 1 unspecified atom stereocenters. The highest BCUT2D eigenvalue weighted by Crippen LogP contribution is 2.39. The van der Waals surface area contributed by atoms with Crippen molar-refractivity contribution in [2.75, 3.05) is 21.3 Å². The molecule has 0 radical (unpaired) electrons. The minimum Gasteiger partial charge on any atom is -0.493 e. The third-order valence-electron chi connectivity index (χ3n) is 6.28. The Morgan fingerprint density at radius 1 is 1.00 bits per heavy atom. The van der Waals surface area contributed by atoms with E-state index >= 15 is 0 Å². The predicted molar refractivity (Wildman–Crippen MR) is 137 cm³/mol. The van der Waals surface area contributed by atoms with Crippen molar-refractivity contribution in [2.24, 2.45) is 0 Å². The molecule has 0 bridgehead atoms. The van der Waals surface area contributed by atoms with Crippen LogP contribution < -0.4 is 9.47 Å². The van der Waals surface area contributed by atoms with Gasteiger partial charge < -0.3 is 23.4 Å². The molecule has 2 aromatic rings. The molecule has 7 heteroatoms. The van der Waals surface area contributed by atoms with E-state index in [4.69, 9.17) is 23.4 Å². The van der Waals surface area contributed by atoms with Crippen LogP contribution in [0, 0.1) is 0 Å². The molecule has 0 amide bonds. The molecular formula is C27H38O6Si. The third-order valence-corrected chi connectivity index (χ3v) is 10.8. The van der Waals surface area contributed by atoms with Crippen molar-refractivity contribution in [3.8, 4) is 11.5 Å². The number of rotatable bonds is 10. The minimum atomic E-state index is -2.00. The number of methoxy groups -OCH3 is 3. The lowest BCUT2D eigenvalue weighted by atomic mass is 9.94. The van der Waals surface area contributed by atoms with Crippen LogP contribution in [0.25, 0.3) is 5.57 Å². The standard InChI is InChI=1S/C27H38O6Si/c1-19(17-24(28)30-6)25-20(18-32-34(8,9)27(2,3)4)13-12-14-21(25)26(31-7)33-23-16-11-10-15-22(23)29-5/h10-17,26H,18H2,1-9H3. The number of allylic oxidation sites excluding steroid dienone is 1. The van der Waals surface area contributed by atoms with Crippen LogP contribution in [0.5, 0.6) is 11.5 Å². The number of benzene rings is 2. The van der Waals surface area contributed by atoms with Gasteiger partial charge in [0.05, 0.1) is 20.8 Å². The summed E-state index contributed by atoms with van der Waals surface area (Å²) >= 11 is 0. The molecule has 2 rings (SSSR count). The van der Waals surface area contributed by atoms with Gasteiger partial charge in [-0.25, -0.2) is 4.79 Å². The summed E-state index contributed by atoms with van der Waals surface area (Å²) in [5.74, 6) is 0.730. The Bertz CT molecular complexity index is 1010. The van der Waals surface area contributed by atoms with Gasteiger partial charge in [-0.15, -0.1) is 0 Å². The summed E-state index contributed by atoms with van der Waals surface area (Å²) in [5.41, 5.74) is 3.31. The van der Waals surface area contributed by atoms with E-state index in [1.165, 1.54) is 13.2 Å². The van der Waals surface area contributed by atoms with Gasteiger partial charge >= 0.3 is 5.97 Å². The molecule has 0 saturated carbocycles. The quantitative estimate of drug-likeness (QED) is 0.165. The van der Waals surface area contributed by atoms with E-state index in [9.17, 15) is 4.79 Å². The molecule has 0 aliphatic rings. The zero-order valence-corrected chi connectivity index (χ0v) is 22.9. The maximum absolute atomic E-state index is 12.1. The average molecular weight is 487 g/mol. The van der Waals surface area contributed by atoms with Gasteiger partial charge in [-0.2, -0.15) is 0 Å². The van der Waals surface area contributed by atoms with Crippen LogP contribution in [0.1, 0.15) is 50.7 Å². The first-order valence-electron chi connectivity index (χ1n) is 11.3. The van der Waals surface area contributed by atoms with Gasteiger partial charge in [0.2, 0.25) is 6.29 Å². The second kappa shape index (κ2) is 11.7. The summed E-state index contributed by atoms with van der Waals surface area (Å²) in [4.78, 5) is 12.1. The number of hydrogen-bond acceptors (Lipinski definition) is 6. The van der Waals surface area contributed by atoms with Crippen molar-refractivity contribution in [1.29, 1.82) is 0 Å².